The fraction of sp³-hybridized carbons (Fsp3) is 0.700. The second-order valence-corrected chi connectivity index (χ2v) is 4.38. The zero-order valence-corrected chi connectivity index (χ0v) is 9.52. The number of aliphatic hydroxyl groups excluding tert-OH is 1. The fourth-order valence-corrected chi connectivity index (χ4v) is 2.45. The Hall–Kier alpha value is -1.47. The summed E-state index contributed by atoms with van der Waals surface area (Å²) < 4.78 is 5.76. The molecule has 0 unspecified atom stereocenters. The fourth-order valence-electron chi connectivity index (χ4n) is 2.45. The molecule has 0 spiro atoms. The zero-order valence-electron chi connectivity index (χ0n) is 9.52. The van der Waals surface area contributed by atoms with Crippen molar-refractivity contribution in [3.63, 3.8) is 0 Å². The quantitative estimate of drug-likeness (QED) is 0.465. The van der Waals surface area contributed by atoms with Crippen LogP contribution >= 0.6 is 0 Å². The van der Waals surface area contributed by atoms with Gasteiger partial charge in [0.25, 0.3) is 0 Å². The molecular formula is C10H17N5O2. The lowest BCUT2D eigenvalue weighted by atomic mass is 10.2. The van der Waals surface area contributed by atoms with E-state index >= 15 is 0 Å². The third-order valence-corrected chi connectivity index (χ3v) is 3.34. The van der Waals surface area contributed by atoms with Crippen LogP contribution in [0.5, 0.6) is 0 Å². The van der Waals surface area contributed by atoms with Crippen LogP contribution in [0.25, 0.3) is 0 Å². The summed E-state index contributed by atoms with van der Waals surface area (Å²) in [6.07, 6.45) is 1.77. The minimum atomic E-state index is -0.0424. The molecule has 0 aromatic heterocycles. The van der Waals surface area contributed by atoms with Gasteiger partial charge in [0.15, 0.2) is 0 Å². The van der Waals surface area contributed by atoms with Gasteiger partial charge in [0, 0.05) is 0 Å². The van der Waals surface area contributed by atoms with Crippen LogP contribution in [0.2, 0.25) is 0 Å². The van der Waals surface area contributed by atoms with E-state index in [1.165, 1.54) is 0 Å². The Kier molecular flexibility index (Phi) is 2.56. The monoisotopic (exact) mass is 239 g/mol. The number of aliphatic imine (C=N–C) groups is 1. The number of ether oxygens (including phenoxy) is 1. The van der Waals surface area contributed by atoms with Crippen LogP contribution in [0.4, 0.5) is 0 Å². The second kappa shape index (κ2) is 4.08. The van der Waals surface area contributed by atoms with Crippen molar-refractivity contribution in [3.05, 3.63) is 11.5 Å². The first-order valence-electron chi connectivity index (χ1n) is 5.85. The van der Waals surface area contributed by atoms with E-state index in [-0.39, 0.29) is 18.9 Å². The summed E-state index contributed by atoms with van der Waals surface area (Å²) in [6, 6.07) is 0. The molecule has 0 radical (unpaired) electrons. The number of amidine groups is 1. The van der Waals surface area contributed by atoms with E-state index in [0.29, 0.717) is 19.2 Å². The van der Waals surface area contributed by atoms with Crippen LogP contribution in [0.15, 0.2) is 16.5 Å². The molecule has 3 rings (SSSR count). The molecule has 3 aliphatic heterocycles. The number of rotatable bonds is 2. The molecule has 3 aliphatic rings. The molecule has 7 nitrogen and oxygen atoms in total. The van der Waals surface area contributed by atoms with Crippen molar-refractivity contribution in [2.24, 2.45) is 10.7 Å². The summed E-state index contributed by atoms with van der Waals surface area (Å²) in [5.74, 6) is 1.50. The number of aliphatic hydroxyl groups is 1. The highest BCUT2D eigenvalue weighted by atomic mass is 16.5. The van der Waals surface area contributed by atoms with E-state index in [4.69, 9.17) is 15.6 Å². The number of hydrogen-bond acceptors (Lipinski definition) is 7. The van der Waals surface area contributed by atoms with Gasteiger partial charge in [-0.3, -0.25) is 0 Å². The van der Waals surface area contributed by atoms with Crippen molar-refractivity contribution >= 4 is 5.84 Å². The minimum Gasteiger partial charge on any atom is -0.394 e. The molecule has 1 fully saturated rings. The summed E-state index contributed by atoms with van der Waals surface area (Å²) in [5, 5.41) is 15.5. The lowest BCUT2D eigenvalue weighted by molar-refractivity contribution is -0.0547. The number of nitrogens with one attached hydrogen (secondary N) is 2. The summed E-state index contributed by atoms with van der Waals surface area (Å²) in [6.45, 7) is 1.25. The molecule has 0 saturated carbocycles. The Morgan fingerprint density at radius 3 is 3.12 bits per heavy atom. The van der Waals surface area contributed by atoms with Crippen LogP contribution in [0.3, 0.4) is 0 Å². The molecular weight excluding hydrogens is 222 g/mol. The number of nitrogens with two attached hydrogens (primary N) is 1. The van der Waals surface area contributed by atoms with E-state index in [9.17, 15) is 0 Å². The highest BCUT2D eigenvalue weighted by molar-refractivity contribution is 5.97. The summed E-state index contributed by atoms with van der Waals surface area (Å²) in [5.41, 5.74) is 6.67. The van der Waals surface area contributed by atoms with E-state index in [0.717, 1.165) is 24.4 Å². The summed E-state index contributed by atoms with van der Waals surface area (Å²) in [4.78, 5) is 6.22. The van der Waals surface area contributed by atoms with Crippen molar-refractivity contribution < 1.29 is 9.84 Å². The Morgan fingerprint density at radius 2 is 2.35 bits per heavy atom. The number of nitrogens with zero attached hydrogens (tertiary/aromatic N) is 2. The average Bonchev–Trinajstić information content (AvgIpc) is 2.94. The highest BCUT2D eigenvalue weighted by Gasteiger charge is 2.36. The van der Waals surface area contributed by atoms with Gasteiger partial charge in [0.2, 0.25) is 0 Å². The van der Waals surface area contributed by atoms with Crippen LogP contribution in [-0.4, -0.2) is 48.1 Å². The van der Waals surface area contributed by atoms with E-state index in [2.05, 4.69) is 20.5 Å². The Labute approximate surface area is 99.3 Å². The van der Waals surface area contributed by atoms with Gasteiger partial charge in [0.05, 0.1) is 19.4 Å². The minimum absolute atomic E-state index is 0.00514. The number of hydrogen-bond donors (Lipinski definition) is 4. The lowest BCUT2D eigenvalue weighted by Crippen LogP contribution is -2.40. The van der Waals surface area contributed by atoms with E-state index in [1.807, 2.05) is 0 Å². The third kappa shape index (κ3) is 1.71. The van der Waals surface area contributed by atoms with E-state index in [1.54, 1.807) is 0 Å². The Balaban J connectivity index is 1.76. The van der Waals surface area contributed by atoms with Gasteiger partial charge in [-0.15, -0.1) is 0 Å². The first-order valence-corrected chi connectivity index (χ1v) is 5.85. The van der Waals surface area contributed by atoms with Crippen molar-refractivity contribution in [1.82, 2.24) is 15.5 Å². The lowest BCUT2D eigenvalue weighted by Gasteiger charge is -2.28. The van der Waals surface area contributed by atoms with Crippen LogP contribution in [0, 0.1) is 0 Å². The Bertz CT molecular complexity index is 381. The topological polar surface area (TPSA) is 95.1 Å². The van der Waals surface area contributed by atoms with Gasteiger partial charge >= 0.3 is 0 Å². The van der Waals surface area contributed by atoms with Gasteiger partial charge < -0.3 is 31.1 Å². The predicted octanol–water partition coefficient (Wildman–Crippen LogP) is -1.57. The maximum absolute atomic E-state index is 9.08. The smallest absolute Gasteiger partial charge is 0.147 e. The van der Waals surface area contributed by atoms with Crippen molar-refractivity contribution in [3.8, 4) is 0 Å². The van der Waals surface area contributed by atoms with Gasteiger partial charge in [-0.2, -0.15) is 0 Å². The Morgan fingerprint density at radius 1 is 1.47 bits per heavy atom. The molecule has 0 aromatic carbocycles. The average molecular weight is 239 g/mol. The summed E-state index contributed by atoms with van der Waals surface area (Å²) >= 11 is 0. The molecule has 0 aromatic rings. The normalized spacial score (nSPS) is 32.1. The first kappa shape index (κ1) is 10.7. The molecule has 3 heterocycles. The second-order valence-electron chi connectivity index (χ2n) is 4.38. The van der Waals surface area contributed by atoms with Crippen LogP contribution in [-0.2, 0) is 4.74 Å². The largest absolute Gasteiger partial charge is 0.394 e. The van der Waals surface area contributed by atoms with Gasteiger partial charge in [-0.1, -0.05) is 0 Å². The van der Waals surface area contributed by atoms with Crippen LogP contribution in [0.1, 0.15) is 12.8 Å². The van der Waals surface area contributed by atoms with Crippen LogP contribution < -0.4 is 16.4 Å². The zero-order chi connectivity index (χ0) is 11.8. The highest BCUT2D eigenvalue weighted by Crippen LogP contribution is 2.27. The molecule has 0 bridgehead atoms. The summed E-state index contributed by atoms with van der Waals surface area (Å²) in [7, 11) is 0. The van der Waals surface area contributed by atoms with Crippen molar-refractivity contribution in [2.75, 3.05) is 19.9 Å². The molecule has 0 aliphatic carbocycles. The predicted molar refractivity (Wildman–Crippen MR) is 61.5 cm³/mol. The molecule has 5 N–H and O–H groups in total. The SMILES string of the molecule is NC1=NCNC2=C1NCN2[C@H]1CC[C@@H](CO)O1. The first-order chi connectivity index (χ1) is 8.29. The maximum atomic E-state index is 9.08. The molecule has 17 heavy (non-hydrogen) atoms. The van der Waals surface area contributed by atoms with Crippen molar-refractivity contribution in [2.45, 2.75) is 25.2 Å². The van der Waals surface area contributed by atoms with Gasteiger partial charge in [-0.25, -0.2) is 4.99 Å². The van der Waals surface area contributed by atoms with Gasteiger partial charge in [0.1, 0.15) is 30.3 Å². The molecule has 94 valence electrons. The molecule has 1 saturated heterocycles. The molecule has 7 heteroatoms. The maximum Gasteiger partial charge on any atom is 0.147 e. The standard InChI is InChI=1S/C10H17N5O2/c11-9-8-10(13-4-12-9)15(5-14-8)7-2-1-6(3-16)17-7/h6-7,13-14,16H,1-5H2,(H2,11,12)/t6-,7+/m0/s1. The van der Waals surface area contributed by atoms with E-state index < -0.39 is 0 Å². The van der Waals surface area contributed by atoms with Crippen molar-refractivity contribution in [1.29, 1.82) is 0 Å². The van der Waals surface area contributed by atoms with Gasteiger partial charge in [-0.05, 0) is 12.8 Å². The molecule has 0 amide bonds. The molecule has 2 atom stereocenters. The third-order valence-electron chi connectivity index (χ3n) is 3.34.